The Morgan fingerprint density at radius 3 is 2.30 bits per heavy atom. The fraction of sp³-hybridized carbons (Fsp3) is 0.167. The quantitative estimate of drug-likeness (QED) is 0.170. The van der Waals surface area contributed by atoms with Crippen molar-refractivity contribution in [3.63, 3.8) is 0 Å². The van der Waals surface area contributed by atoms with Gasteiger partial charge in [-0.05, 0) is 54.4 Å². The molecule has 1 amide bonds. The molecule has 44 heavy (non-hydrogen) atoms. The first-order valence-electron chi connectivity index (χ1n) is 14.2. The number of carbonyl (C=O) groups is 1. The lowest BCUT2D eigenvalue weighted by Crippen LogP contribution is -2.16. The van der Waals surface area contributed by atoms with Crippen molar-refractivity contribution in [3.05, 3.63) is 149 Å². The highest BCUT2D eigenvalue weighted by atomic mass is 16.5. The summed E-state index contributed by atoms with van der Waals surface area (Å²) in [5.74, 6) is 1.84. The summed E-state index contributed by atoms with van der Waals surface area (Å²) in [7, 11) is 0. The molecule has 0 radical (unpaired) electrons. The summed E-state index contributed by atoms with van der Waals surface area (Å²) in [5.41, 5.74) is 5.59. The zero-order valence-electron chi connectivity index (χ0n) is 23.8. The SMILES string of the molecule is C.Cc1oc(-c2ccccc2)nc1CCOc1cccc(Cc2c(C(=O)Nc3ccccc3)nnn2Cc2ccccc2)c1. The number of rotatable bonds is 11. The summed E-state index contributed by atoms with van der Waals surface area (Å²) in [6.07, 6.45) is 1.07. The molecule has 1 N–H and O–H groups in total. The van der Waals surface area contributed by atoms with Gasteiger partial charge in [0.15, 0.2) is 5.69 Å². The van der Waals surface area contributed by atoms with Crippen LogP contribution in [0.1, 0.15) is 46.2 Å². The van der Waals surface area contributed by atoms with E-state index in [0.29, 0.717) is 43.3 Å². The van der Waals surface area contributed by atoms with Crippen molar-refractivity contribution in [3.8, 4) is 17.2 Å². The van der Waals surface area contributed by atoms with E-state index in [9.17, 15) is 4.79 Å². The van der Waals surface area contributed by atoms with Crippen LogP contribution in [0, 0.1) is 6.92 Å². The van der Waals surface area contributed by atoms with Crippen LogP contribution in [-0.4, -0.2) is 32.5 Å². The zero-order chi connectivity index (χ0) is 29.4. The van der Waals surface area contributed by atoms with Crippen LogP contribution in [0.2, 0.25) is 0 Å². The number of ether oxygens (including phenoxy) is 1. The molecular weight excluding hydrogens is 550 g/mol. The van der Waals surface area contributed by atoms with Crippen LogP contribution in [0.4, 0.5) is 5.69 Å². The second-order valence-electron chi connectivity index (χ2n) is 10.2. The molecule has 222 valence electrons. The molecule has 0 fully saturated rings. The summed E-state index contributed by atoms with van der Waals surface area (Å²) < 4.78 is 13.8. The Bertz CT molecular complexity index is 1800. The number of benzene rings is 4. The molecule has 0 saturated heterocycles. The van der Waals surface area contributed by atoms with Gasteiger partial charge in [-0.15, -0.1) is 5.10 Å². The standard InChI is InChI=1S/C35H31N5O3.CH4/c1-25-31(37-35(43-25)28-15-7-3-8-16-28)20-21-42-30-19-11-14-27(22-30)23-32-33(34(41)36-29-17-9-4-10-18-29)38-39-40(32)24-26-12-5-2-6-13-26;/h2-19,22H,20-21,23-24H2,1H3,(H,36,41);1H4. The van der Waals surface area contributed by atoms with Crippen molar-refractivity contribution in [2.24, 2.45) is 0 Å². The third-order valence-corrected chi connectivity index (χ3v) is 7.05. The molecule has 0 unspecified atom stereocenters. The fourth-order valence-electron chi connectivity index (χ4n) is 4.85. The van der Waals surface area contributed by atoms with Gasteiger partial charge in [0.2, 0.25) is 5.89 Å². The smallest absolute Gasteiger partial charge is 0.278 e. The molecule has 8 heteroatoms. The topological polar surface area (TPSA) is 95.1 Å². The predicted octanol–water partition coefficient (Wildman–Crippen LogP) is 7.39. The normalized spacial score (nSPS) is 10.7. The minimum absolute atomic E-state index is 0. The second kappa shape index (κ2) is 14.1. The van der Waals surface area contributed by atoms with E-state index in [-0.39, 0.29) is 13.3 Å². The number of aryl methyl sites for hydroxylation is 1. The molecule has 6 rings (SSSR count). The third kappa shape index (κ3) is 7.28. The first-order chi connectivity index (χ1) is 21.1. The highest BCUT2D eigenvalue weighted by Gasteiger charge is 2.21. The van der Waals surface area contributed by atoms with Crippen LogP contribution in [0.15, 0.2) is 120 Å². The number of nitrogens with one attached hydrogen (secondary N) is 1. The Kier molecular flexibility index (Phi) is 9.61. The lowest BCUT2D eigenvalue weighted by molar-refractivity contribution is 0.102. The van der Waals surface area contributed by atoms with Crippen molar-refractivity contribution in [2.75, 3.05) is 11.9 Å². The number of hydrogen-bond acceptors (Lipinski definition) is 6. The van der Waals surface area contributed by atoms with Crippen LogP contribution < -0.4 is 10.1 Å². The lowest BCUT2D eigenvalue weighted by Gasteiger charge is -2.11. The number of oxazole rings is 1. The Morgan fingerprint density at radius 1 is 0.864 bits per heavy atom. The van der Waals surface area contributed by atoms with Crippen LogP contribution in [0.25, 0.3) is 11.5 Å². The number of nitrogens with zero attached hydrogens (tertiary/aromatic N) is 4. The number of para-hydroxylation sites is 1. The molecular formula is C36H35N5O3. The van der Waals surface area contributed by atoms with Crippen molar-refractivity contribution < 1.29 is 13.9 Å². The van der Waals surface area contributed by atoms with Crippen LogP contribution in [-0.2, 0) is 19.4 Å². The van der Waals surface area contributed by atoms with Gasteiger partial charge in [-0.25, -0.2) is 9.67 Å². The number of aromatic nitrogens is 4. The number of hydrogen-bond donors (Lipinski definition) is 1. The van der Waals surface area contributed by atoms with Crippen molar-refractivity contribution in [2.45, 2.75) is 33.7 Å². The maximum Gasteiger partial charge on any atom is 0.278 e. The average Bonchev–Trinajstić information content (AvgIpc) is 3.61. The molecule has 0 spiro atoms. The van der Waals surface area contributed by atoms with Gasteiger partial charge in [-0.2, -0.15) is 0 Å². The number of amides is 1. The van der Waals surface area contributed by atoms with Gasteiger partial charge in [0.05, 0.1) is 24.5 Å². The van der Waals surface area contributed by atoms with Gasteiger partial charge in [0.1, 0.15) is 11.5 Å². The van der Waals surface area contributed by atoms with E-state index in [1.165, 1.54) is 0 Å². The van der Waals surface area contributed by atoms with E-state index < -0.39 is 0 Å². The molecule has 0 aliphatic heterocycles. The molecule has 0 bridgehead atoms. The monoisotopic (exact) mass is 585 g/mol. The summed E-state index contributed by atoms with van der Waals surface area (Å²) >= 11 is 0. The second-order valence-corrected chi connectivity index (χ2v) is 10.2. The summed E-state index contributed by atoms with van der Waals surface area (Å²) in [6, 6.07) is 37.1. The molecule has 0 atom stereocenters. The van der Waals surface area contributed by atoms with Gasteiger partial charge in [-0.3, -0.25) is 4.79 Å². The Balaban J connectivity index is 0.00000384. The first-order valence-corrected chi connectivity index (χ1v) is 14.2. The van der Waals surface area contributed by atoms with Crippen molar-refractivity contribution in [1.29, 1.82) is 0 Å². The molecule has 0 aliphatic rings. The maximum atomic E-state index is 13.3. The van der Waals surface area contributed by atoms with Crippen LogP contribution in [0.3, 0.4) is 0 Å². The Hall–Kier alpha value is -5.50. The zero-order valence-corrected chi connectivity index (χ0v) is 23.8. The van der Waals surface area contributed by atoms with Crippen LogP contribution >= 0.6 is 0 Å². The molecule has 2 aromatic heterocycles. The molecule has 4 aromatic carbocycles. The van der Waals surface area contributed by atoms with Crippen molar-refractivity contribution in [1.82, 2.24) is 20.0 Å². The van der Waals surface area contributed by atoms with Gasteiger partial charge in [0.25, 0.3) is 5.91 Å². The first kappa shape index (κ1) is 30.0. The molecule has 6 aromatic rings. The fourth-order valence-corrected chi connectivity index (χ4v) is 4.85. The summed E-state index contributed by atoms with van der Waals surface area (Å²) in [5, 5.41) is 11.6. The van der Waals surface area contributed by atoms with Crippen molar-refractivity contribution >= 4 is 11.6 Å². The van der Waals surface area contributed by atoms with E-state index in [2.05, 4.69) is 20.6 Å². The maximum absolute atomic E-state index is 13.3. The average molecular weight is 586 g/mol. The molecule has 8 nitrogen and oxygen atoms in total. The Morgan fingerprint density at radius 2 is 1.55 bits per heavy atom. The minimum Gasteiger partial charge on any atom is -0.493 e. The molecule has 2 heterocycles. The minimum atomic E-state index is -0.300. The lowest BCUT2D eigenvalue weighted by atomic mass is 10.1. The largest absolute Gasteiger partial charge is 0.493 e. The molecule has 0 saturated carbocycles. The highest BCUT2D eigenvalue weighted by molar-refractivity contribution is 6.03. The molecule has 0 aliphatic carbocycles. The van der Waals surface area contributed by atoms with E-state index in [1.54, 1.807) is 4.68 Å². The highest BCUT2D eigenvalue weighted by Crippen LogP contribution is 2.23. The van der Waals surface area contributed by atoms with Gasteiger partial charge in [-0.1, -0.05) is 91.5 Å². The predicted molar refractivity (Wildman–Crippen MR) is 172 cm³/mol. The Labute approximate surface area is 257 Å². The number of carbonyl (C=O) groups excluding carboxylic acids is 1. The summed E-state index contributed by atoms with van der Waals surface area (Å²) in [6.45, 7) is 2.87. The third-order valence-electron chi connectivity index (χ3n) is 7.05. The van der Waals surface area contributed by atoms with E-state index in [0.717, 1.165) is 39.6 Å². The van der Waals surface area contributed by atoms with Crippen LogP contribution in [0.5, 0.6) is 5.75 Å². The van der Waals surface area contributed by atoms with E-state index in [4.69, 9.17) is 9.15 Å². The van der Waals surface area contributed by atoms with E-state index >= 15 is 0 Å². The van der Waals surface area contributed by atoms with Gasteiger partial charge in [0, 0.05) is 24.1 Å². The van der Waals surface area contributed by atoms with Gasteiger partial charge >= 0.3 is 0 Å². The van der Waals surface area contributed by atoms with Gasteiger partial charge < -0.3 is 14.5 Å². The van der Waals surface area contributed by atoms with E-state index in [1.807, 2.05) is 122 Å². The number of anilines is 1. The summed E-state index contributed by atoms with van der Waals surface area (Å²) in [4.78, 5) is 18.0.